The van der Waals surface area contributed by atoms with E-state index in [0.717, 1.165) is 49.7 Å². The number of likely N-dealkylation sites (N-methyl/N-ethyl adjacent to an activating group) is 1. The minimum Gasteiger partial charge on any atom is -0.366 e. The van der Waals surface area contributed by atoms with Crippen molar-refractivity contribution in [2.45, 2.75) is 13.8 Å². The first kappa shape index (κ1) is 20.6. The number of anilines is 2. The molecular weight excluding hydrogens is 392 g/mol. The lowest BCUT2D eigenvalue weighted by Crippen LogP contribution is -2.46. The van der Waals surface area contributed by atoms with Gasteiger partial charge in [-0.15, -0.1) is 0 Å². The fraction of sp³-hybridized carbons (Fsp3) is 0.333. The van der Waals surface area contributed by atoms with Crippen molar-refractivity contribution in [2.75, 3.05) is 42.9 Å². The second-order valence-electron chi connectivity index (χ2n) is 6.84. The Morgan fingerprint density at radius 2 is 1.86 bits per heavy atom. The van der Waals surface area contributed by atoms with Crippen LogP contribution in [0.1, 0.15) is 22.8 Å². The molecule has 0 atom stereocenters. The van der Waals surface area contributed by atoms with Crippen LogP contribution in [0, 0.1) is 6.92 Å². The fourth-order valence-electron chi connectivity index (χ4n) is 3.34. The Bertz CT molecular complexity index is 865. The molecule has 7 heteroatoms. The molecule has 1 heterocycles. The smallest absolute Gasteiger partial charge is 0.257 e. The molecule has 2 N–H and O–H groups in total. The summed E-state index contributed by atoms with van der Waals surface area (Å²) in [6.07, 6.45) is 0. The number of hydrogen-bond donors (Lipinski definition) is 2. The van der Waals surface area contributed by atoms with Gasteiger partial charge in [0, 0.05) is 31.7 Å². The van der Waals surface area contributed by atoms with Crippen LogP contribution in [-0.2, 0) is 0 Å². The molecule has 0 saturated carbocycles. The number of nitrogens with zero attached hydrogens (tertiary/aromatic N) is 2. The third kappa shape index (κ3) is 5.01. The van der Waals surface area contributed by atoms with E-state index in [9.17, 15) is 4.79 Å². The number of para-hydroxylation sites is 1. The molecule has 0 bridgehead atoms. The summed E-state index contributed by atoms with van der Waals surface area (Å²) in [4.78, 5) is 17.1. The predicted molar refractivity (Wildman–Crippen MR) is 121 cm³/mol. The Morgan fingerprint density at radius 1 is 1.14 bits per heavy atom. The highest BCUT2D eigenvalue weighted by molar-refractivity contribution is 7.80. The summed E-state index contributed by atoms with van der Waals surface area (Å²) in [5, 5.41) is 6.82. The van der Waals surface area contributed by atoms with Gasteiger partial charge in [0.2, 0.25) is 0 Å². The number of halogens is 1. The molecule has 1 saturated heterocycles. The van der Waals surface area contributed by atoms with E-state index in [1.165, 1.54) is 0 Å². The van der Waals surface area contributed by atoms with E-state index in [-0.39, 0.29) is 11.0 Å². The molecule has 0 aromatic heterocycles. The molecule has 1 aliphatic heterocycles. The highest BCUT2D eigenvalue weighted by Gasteiger charge is 2.21. The normalized spacial score (nSPS) is 14.6. The molecule has 28 heavy (non-hydrogen) atoms. The second kappa shape index (κ2) is 9.37. The van der Waals surface area contributed by atoms with Crippen LogP contribution in [0.4, 0.5) is 11.4 Å². The molecule has 1 fully saturated rings. The Hall–Kier alpha value is -2.15. The number of hydrogen-bond acceptors (Lipinski definition) is 4. The van der Waals surface area contributed by atoms with Crippen molar-refractivity contribution in [3.63, 3.8) is 0 Å². The topological polar surface area (TPSA) is 47.6 Å². The van der Waals surface area contributed by atoms with Gasteiger partial charge in [-0.05, 0) is 50.0 Å². The van der Waals surface area contributed by atoms with E-state index < -0.39 is 0 Å². The van der Waals surface area contributed by atoms with Gasteiger partial charge in [-0.1, -0.05) is 42.3 Å². The van der Waals surface area contributed by atoms with Crippen LogP contribution in [-0.4, -0.2) is 48.6 Å². The zero-order chi connectivity index (χ0) is 20.1. The molecule has 3 rings (SSSR count). The van der Waals surface area contributed by atoms with Crippen molar-refractivity contribution < 1.29 is 4.79 Å². The number of amides is 1. The lowest BCUT2D eigenvalue weighted by molar-refractivity contribution is 0.0977. The summed E-state index contributed by atoms with van der Waals surface area (Å²) < 4.78 is 0. The highest BCUT2D eigenvalue weighted by atomic mass is 35.5. The molecule has 0 radical (unpaired) electrons. The van der Waals surface area contributed by atoms with Crippen LogP contribution in [0.25, 0.3) is 0 Å². The Labute approximate surface area is 176 Å². The molecule has 1 aliphatic rings. The molecule has 0 spiro atoms. The van der Waals surface area contributed by atoms with Crippen molar-refractivity contribution in [1.82, 2.24) is 10.2 Å². The van der Waals surface area contributed by atoms with Crippen molar-refractivity contribution in [1.29, 1.82) is 0 Å². The summed E-state index contributed by atoms with van der Waals surface area (Å²) in [7, 11) is 0. The van der Waals surface area contributed by atoms with E-state index in [1.54, 1.807) is 6.07 Å². The Kier molecular flexibility index (Phi) is 6.88. The van der Waals surface area contributed by atoms with Crippen molar-refractivity contribution in [3.8, 4) is 0 Å². The monoisotopic (exact) mass is 416 g/mol. The lowest BCUT2D eigenvalue weighted by Gasteiger charge is -2.37. The zero-order valence-corrected chi connectivity index (χ0v) is 17.7. The molecule has 5 nitrogen and oxygen atoms in total. The number of nitrogens with one attached hydrogen (secondary N) is 2. The third-order valence-corrected chi connectivity index (χ3v) is 5.39. The maximum Gasteiger partial charge on any atom is 0.257 e. The minimum atomic E-state index is -0.235. The van der Waals surface area contributed by atoms with Gasteiger partial charge >= 0.3 is 0 Å². The van der Waals surface area contributed by atoms with Gasteiger partial charge in [0.1, 0.15) is 0 Å². The summed E-state index contributed by atoms with van der Waals surface area (Å²) in [5.41, 5.74) is 3.32. The molecule has 0 unspecified atom stereocenters. The van der Waals surface area contributed by atoms with Crippen molar-refractivity contribution in [3.05, 3.63) is 58.6 Å². The number of benzene rings is 2. The number of carbonyl (C=O) groups excluding carboxylic acids is 1. The maximum atomic E-state index is 12.4. The number of aryl methyl sites for hydroxylation is 1. The first-order chi connectivity index (χ1) is 13.5. The largest absolute Gasteiger partial charge is 0.366 e. The van der Waals surface area contributed by atoms with Crippen LogP contribution in [0.2, 0.25) is 5.02 Å². The zero-order valence-electron chi connectivity index (χ0n) is 16.2. The second-order valence-corrected chi connectivity index (χ2v) is 7.65. The number of piperazine rings is 1. The van der Waals surface area contributed by atoms with Gasteiger partial charge in [-0.25, -0.2) is 0 Å². The van der Waals surface area contributed by atoms with Gasteiger partial charge in [0.15, 0.2) is 5.11 Å². The number of rotatable bonds is 4. The van der Waals surface area contributed by atoms with Crippen LogP contribution in [0.15, 0.2) is 42.5 Å². The van der Waals surface area contributed by atoms with E-state index in [4.69, 9.17) is 23.8 Å². The van der Waals surface area contributed by atoms with Gasteiger partial charge < -0.3 is 15.1 Å². The first-order valence-corrected chi connectivity index (χ1v) is 10.2. The number of thiocarbonyl (C=S) groups is 1. The van der Waals surface area contributed by atoms with Gasteiger partial charge in [-0.3, -0.25) is 10.1 Å². The quantitative estimate of drug-likeness (QED) is 0.740. The third-order valence-electron chi connectivity index (χ3n) is 4.88. The summed E-state index contributed by atoms with van der Waals surface area (Å²) in [6.45, 7) is 8.96. The average molecular weight is 417 g/mol. The first-order valence-electron chi connectivity index (χ1n) is 9.42. The van der Waals surface area contributed by atoms with Gasteiger partial charge in [-0.2, -0.15) is 0 Å². The molecular formula is C21H25ClN4OS. The summed E-state index contributed by atoms with van der Waals surface area (Å²) in [5.74, 6) is -0.235. The van der Waals surface area contributed by atoms with Crippen molar-refractivity contribution >= 4 is 46.2 Å². The van der Waals surface area contributed by atoms with E-state index in [1.807, 2.05) is 43.3 Å². The van der Waals surface area contributed by atoms with Crippen LogP contribution < -0.4 is 15.5 Å². The molecule has 2 aromatic carbocycles. The standard InChI is InChI=1S/C21H25ClN4OS/c1-3-25-10-12-26(13-11-25)19-17(22)8-5-9-18(19)23-21(28)24-20(27)16-7-4-6-15(2)14-16/h4-9,14H,3,10-13H2,1-2H3,(H2,23,24,27,28). The molecule has 2 aromatic rings. The van der Waals surface area contributed by atoms with Gasteiger partial charge in [0.25, 0.3) is 5.91 Å². The molecule has 1 amide bonds. The lowest BCUT2D eigenvalue weighted by atomic mass is 10.1. The Morgan fingerprint density at radius 3 is 2.54 bits per heavy atom. The fourth-order valence-corrected chi connectivity index (χ4v) is 3.84. The summed E-state index contributed by atoms with van der Waals surface area (Å²) in [6, 6.07) is 13.1. The Balaban J connectivity index is 1.71. The van der Waals surface area contributed by atoms with Gasteiger partial charge in [0.05, 0.1) is 16.4 Å². The van der Waals surface area contributed by atoms with Crippen LogP contribution >= 0.6 is 23.8 Å². The SMILES string of the molecule is CCN1CCN(c2c(Cl)cccc2NC(=S)NC(=O)c2cccc(C)c2)CC1. The predicted octanol–water partition coefficient (Wildman–Crippen LogP) is 3.92. The average Bonchev–Trinajstić information content (AvgIpc) is 2.68. The van der Waals surface area contributed by atoms with Crippen LogP contribution in [0.5, 0.6) is 0 Å². The van der Waals surface area contributed by atoms with E-state index >= 15 is 0 Å². The van der Waals surface area contributed by atoms with Crippen LogP contribution in [0.3, 0.4) is 0 Å². The minimum absolute atomic E-state index is 0.235. The maximum absolute atomic E-state index is 12.4. The number of carbonyl (C=O) groups is 1. The highest BCUT2D eigenvalue weighted by Crippen LogP contribution is 2.34. The van der Waals surface area contributed by atoms with E-state index in [0.29, 0.717) is 10.6 Å². The van der Waals surface area contributed by atoms with E-state index in [2.05, 4.69) is 27.4 Å². The molecule has 0 aliphatic carbocycles. The summed E-state index contributed by atoms with van der Waals surface area (Å²) >= 11 is 11.9. The van der Waals surface area contributed by atoms with Crippen molar-refractivity contribution in [2.24, 2.45) is 0 Å². The molecule has 148 valence electrons.